The SMILES string of the molecule is O=S(=O)(Nc1ccc2nc[nH]c2c1)c1ccc(Cl)c(Cl)c1. The van der Waals surface area contributed by atoms with E-state index in [0.717, 1.165) is 11.0 Å². The van der Waals surface area contributed by atoms with E-state index < -0.39 is 10.0 Å². The van der Waals surface area contributed by atoms with Crippen LogP contribution in [0.5, 0.6) is 0 Å². The highest BCUT2D eigenvalue weighted by molar-refractivity contribution is 7.92. The Hall–Kier alpha value is -1.76. The molecular formula is C13H9Cl2N3O2S. The Morgan fingerprint density at radius 1 is 1.05 bits per heavy atom. The lowest BCUT2D eigenvalue weighted by atomic mass is 10.3. The molecule has 108 valence electrons. The zero-order valence-electron chi connectivity index (χ0n) is 10.5. The van der Waals surface area contributed by atoms with Gasteiger partial charge in [0.05, 0.1) is 38.0 Å². The van der Waals surface area contributed by atoms with Crippen LogP contribution in [0.25, 0.3) is 11.0 Å². The van der Waals surface area contributed by atoms with E-state index in [0.29, 0.717) is 10.7 Å². The molecule has 0 saturated heterocycles. The number of sulfonamides is 1. The molecular weight excluding hydrogens is 333 g/mol. The highest BCUT2D eigenvalue weighted by Gasteiger charge is 2.16. The minimum Gasteiger partial charge on any atom is -0.345 e. The van der Waals surface area contributed by atoms with Crippen molar-refractivity contribution in [3.63, 3.8) is 0 Å². The molecule has 0 amide bonds. The molecule has 0 aliphatic carbocycles. The van der Waals surface area contributed by atoms with E-state index in [9.17, 15) is 8.42 Å². The zero-order valence-corrected chi connectivity index (χ0v) is 12.8. The molecule has 0 aliphatic heterocycles. The van der Waals surface area contributed by atoms with Crippen LogP contribution in [0.3, 0.4) is 0 Å². The van der Waals surface area contributed by atoms with Crippen LogP contribution in [0.4, 0.5) is 5.69 Å². The van der Waals surface area contributed by atoms with Gasteiger partial charge in [-0.15, -0.1) is 0 Å². The van der Waals surface area contributed by atoms with E-state index in [4.69, 9.17) is 23.2 Å². The van der Waals surface area contributed by atoms with Crippen LogP contribution in [-0.2, 0) is 10.0 Å². The fourth-order valence-corrected chi connectivity index (χ4v) is 3.30. The van der Waals surface area contributed by atoms with Crippen LogP contribution in [0.15, 0.2) is 47.6 Å². The standard InChI is InChI=1S/C13H9Cl2N3O2S/c14-10-3-2-9(6-11(10)15)21(19,20)18-8-1-4-12-13(5-8)17-7-16-12/h1-7,18H,(H,16,17). The van der Waals surface area contributed by atoms with Crippen LogP contribution in [0, 0.1) is 0 Å². The molecule has 2 N–H and O–H groups in total. The summed E-state index contributed by atoms with van der Waals surface area (Å²) in [6.07, 6.45) is 1.54. The number of hydrogen-bond acceptors (Lipinski definition) is 3. The van der Waals surface area contributed by atoms with E-state index in [1.54, 1.807) is 24.5 Å². The molecule has 0 bridgehead atoms. The number of hydrogen-bond donors (Lipinski definition) is 2. The predicted octanol–water partition coefficient (Wildman–Crippen LogP) is 3.67. The van der Waals surface area contributed by atoms with Gasteiger partial charge in [-0.05, 0) is 36.4 Å². The second-order valence-corrected chi connectivity index (χ2v) is 6.81. The molecule has 5 nitrogen and oxygen atoms in total. The molecule has 3 aromatic rings. The summed E-state index contributed by atoms with van der Waals surface area (Å²) in [5, 5.41) is 0.484. The van der Waals surface area contributed by atoms with Crippen LogP contribution in [0.2, 0.25) is 10.0 Å². The topological polar surface area (TPSA) is 74.8 Å². The number of imidazole rings is 1. The molecule has 1 heterocycles. The molecule has 0 unspecified atom stereocenters. The van der Waals surface area contributed by atoms with E-state index >= 15 is 0 Å². The van der Waals surface area contributed by atoms with Crippen molar-refractivity contribution < 1.29 is 8.42 Å². The first-order valence-electron chi connectivity index (χ1n) is 5.87. The molecule has 0 radical (unpaired) electrons. The number of nitrogens with zero attached hydrogens (tertiary/aromatic N) is 1. The van der Waals surface area contributed by atoms with Gasteiger partial charge < -0.3 is 4.98 Å². The van der Waals surface area contributed by atoms with Crippen molar-refractivity contribution in [3.05, 3.63) is 52.8 Å². The minimum atomic E-state index is -3.73. The van der Waals surface area contributed by atoms with E-state index in [2.05, 4.69) is 14.7 Å². The van der Waals surface area contributed by atoms with Crippen molar-refractivity contribution in [2.45, 2.75) is 4.90 Å². The van der Waals surface area contributed by atoms with Crippen molar-refractivity contribution in [1.82, 2.24) is 9.97 Å². The Morgan fingerprint density at radius 3 is 2.62 bits per heavy atom. The number of rotatable bonds is 3. The molecule has 0 fully saturated rings. The summed E-state index contributed by atoms with van der Waals surface area (Å²) in [4.78, 5) is 7.03. The third-order valence-electron chi connectivity index (χ3n) is 2.87. The smallest absolute Gasteiger partial charge is 0.261 e. The Morgan fingerprint density at radius 2 is 1.86 bits per heavy atom. The lowest BCUT2D eigenvalue weighted by Gasteiger charge is -2.08. The summed E-state index contributed by atoms with van der Waals surface area (Å²) in [6.45, 7) is 0. The first-order valence-corrected chi connectivity index (χ1v) is 8.11. The molecule has 0 aliphatic rings. The van der Waals surface area contributed by atoms with Gasteiger partial charge in [-0.2, -0.15) is 0 Å². The first kappa shape index (κ1) is 14.2. The second-order valence-electron chi connectivity index (χ2n) is 4.32. The number of aromatic nitrogens is 2. The van der Waals surface area contributed by atoms with Crippen molar-refractivity contribution >= 4 is 49.9 Å². The summed E-state index contributed by atoms with van der Waals surface area (Å²) < 4.78 is 27.1. The maximum atomic E-state index is 12.3. The Kier molecular flexibility index (Phi) is 3.52. The minimum absolute atomic E-state index is 0.0432. The quantitative estimate of drug-likeness (QED) is 0.763. The Labute approximate surface area is 131 Å². The largest absolute Gasteiger partial charge is 0.345 e. The third-order valence-corrected chi connectivity index (χ3v) is 4.99. The monoisotopic (exact) mass is 341 g/mol. The zero-order chi connectivity index (χ0) is 15.0. The number of anilines is 1. The lowest BCUT2D eigenvalue weighted by Crippen LogP contribution is -2.12. The van der Waals surface area contributed by atoms with Gasteiger partial charge in [0.1, 0.15) is 0 Å². The number of fused-ring (bicyclic) bond motifs is 1. The van der Waals surface area contributed by atoms with Gasteiger partial charge in [-0.3, -0.25) is 4.72 Å². The molecule has 0 spiro atoms. The normalized spacial score (nSPS) is 11.7. The van der Waals surface area contributed by atoms with Gasteiger partial charge in [0.2, 0.25) is 0 Å². The van der Waals surface area contributed by atoms with Crippen molar-refractivity contribution in [2.75, 3.05) is 4.72 Å². The Balaban J connectivity index is 1.96. The average Bonchev–Trinajstić information content (AvgIpc) is 2.88. The summed E-state index contributed by atoms with van der Waals surface area (Å²) in [5.74, 6) is 0. The van der Waals surface area contributed by atoms with Crippen molar-refractivity contribution in [3.8, 4) is 0 Å². The molecule has 2 aromatic carbocycles. The molecule has 1 aromatic heterocycles. The number of nitrogens with one attached hydrogen (secondary N) is 2. The Bertz CT molecular complexity index is 922. The van der Waals surface area contributed by atoms with Crippen molar-refractivity contribution in [1.29, 1.82) is 0 Å². The van der Waals surface area contributed by atoms with Gasteiger partial charge in [-0.25, -0.2) is 13.4 Å². The van der Waals surface area contributed by atoms with Gasteiger partial charge in [-0.1, -0.05) is 23.2 Å². The van der Waals surface area contributed by atoms with Crippen LogP contribution in [-0.4, -0.2) is 18.4 Å². The molecule has 3 rings (SSSR count). The fraction of sp³-hybridized carbons (Fsp3) is 0. The van der Waals surface area contributed by atoms with Crippen LogP contribution in [0.1, 0.15) is 0 Å². The highest BCUT2D eigenvalue weighted by atomic mass is 35.5. The lowest BCUT2D eigenvalue weighted by molar-refractivity contribution is 0.601. The van der Waals surface area contributed by atoms with Gasteiger partial charge >= 0.3 is 0 Å². The fourth-order valence-electron chi connectivity index (χ4n) is 1.86. The summed E-state index contributed by atoms with van der Waals surface area (Å²) >= 11 is 11.6. The van der Waals surface area contributed by atoms with Gasteiger partial charge in [0.15, 0.2) is 0 Å². The van der Waals surface area contributed by atoms with E-state index in [-0.39, 0.29) is 9.92 Å². The number of halogens is 2. The van der Waals surface area contributed by atoms with E-state index in [1.165, 1.54) is 18.2 Å². The van der Waals surface area contributed by atoms with Gasteiger partial charge in [0.25, 0.3) is 10.0 Å². The van der Waals surface area contributed by atoms with E-state index in [1.807, 2.05) is 0 Å². The third kappa shape index (κ3) is 2.83. The van der Waals surface area contributed by atoms with Crippen molar-refractivity contribution in [2.24, 2.45) is 0 Å². The highest BCUT2D eigenvalue weighted by Crippen LogP contribution is 2.26. The summed E-state index contributed by atoms with van der Waals surface area (Å²) in [7, 11) is -3.73. The molecule has 8 heteroatoms. The van der Waals surface area contributed by atoms with Gasteiger partial charge in [0, 0.05) is 0 Å². The van der Waals surface area contributed by atoms with Crippen LogP contribution < -0.4 is 4.72 Å². The number of aromatic amines is 1. The summed E-state index contributed by atoms with van der Waals surface area (Å²) in [6, 6.07) is 9.16. The average molecular weight is 342 g/mol. The maximum Gasteiger partial charge on any atom is 0.261 e. The number of H-pyrrole nitrogens is 1. The summed E-state index contributed by atoms with van der Waals surface area (Å²) in [5.41, 5.74) is 1.93. The predicted molar refractivity (Wildman–Crippen MR) is 83.4 cm³/mol. The van der Waals surface area contributed by atoms with Crippen LogP contribution >= 0.6 is 23.2 Å². The molecule has 0 atom stereocenters. The molecule has 0 saturated carbocycles. The maximum absolute atomic E-state index is 12.3. The first-order chi connectivity index (χ1) is 9.95. The molecule has 21 heavy (non-hydrogen) atoms. The second kappa shape index (κ2) is 5.22. The number of benzene rings is 2.